The third kappa shape index (κ3) is 3.54. The van der Waals surface area contributed by atoms with Crippen molar-refractivity contribution in [2.45, 2.75) is 39.2 Å². The average Bonchev–Trinajstić information content (AvgIpc) is 2.46. The molecule has 1 aromatic carbocycles. The lowest BCUT2D eigenvalue weighted by atomic mass is 10.0. The number of carboxylic acids is 1. The summed E-state index contributed by atoms with van der Waals surface area (Å²) in [6.07, 6.45) is 1.89. The Kier molecular flexibility index (Phi) is 4.83. The van der Waals surface area contributed by atoms with Crippen molar-refractivity contribution in [1.29, 1.82) is 0 Å². The van der Waals surface area contributed by atoms with Gasteiger partial charge in [-0.05, 0) is 38.3 Å². The van der Waals surface area contributed by atoms with Gasteiger partial charge in [0, 0.05) is 24.8 Å². The first-order chi connectivity index (χ1) is 10.0. The van der Waals surface area contributed by atoms with Crippen LogP contribution in [0.3, 0.4) is 0 Å². The lowest BCUT2D eigenvalue weighted by Crippen LogP contribution is -2.49. The maximum absolute atomic E-state index is 12.8. The highest BCUT2D eigenvalue weighted by Crippen LogP contribution is 2.28. The van der Waals surface area contributed by atoms with E-state index in [0.717, 1.165) is 18.5 Å². The maximum Gasteiger partial charge on any atom is 0.324 e. The van der Waals surface area contributed by atoms with E-state index in [1.54, 1.807) is 9.80 Å². The molecule has 1 N–H and O–H groups in total. The van der Waals surface area contributed by atoms with E-state index in [-0.39, 0.29) is 25.0 Å². The summed E-state index contributed by atoms with van der Waals surface area (Å²) in [7, 11) is 0. The van der Waals surface area contributed by atoms with Gasteiger partial charge in [0.25, 0.3) is 0 Å². The van der Waals surface area contributed by atoms with Gasteiger partial charge in [-0.25, -0.2) is 4.79 Å². The second-order valence-electron chi connectivity index (χ2n) is 5.60. The molecule has 1 aromatic rings. The molecule has 0 unspecified atom stereocenters. The Morgan fingerprint density at radius 2 is 2.05 bits per heavy atom. The highest BCUT2D eigenvalue weighted by atomic mass is 16.4. The number of urea groups is 1. The molecule has 5 nitrogen and oxygen atoms in total. The van der Waals surface area contributed by atoms with Crippen molar-refractivity contribution in [2.75, 3.05) is 18.0 Å². The summed E-state index contributed by atoms with van der Waals surface area (Å²) in [6.45, 7) is 4.75. The molecule has 0 spiro atoms. The number of amides is 2. The Hall–Kier alpha value is -2.04. The van der Waals surface area contributed by atoms with Gasteiger partial charge in [-0.15, -0.1) is 0 Å². The minimum Gasteiger partial charge on any atom is -0.481 e. The Morgan fingerprint density at radius 3 is 2.71 bits per heavy atom. The molecule has 1 aliphatic rings. The zero-order valence-electron chi connectivity index (χ0n) is 12.6. The Morgan fingerprint density at radius 1 is 1.33 bits per heavy atom. The van der Waals surface area contributed by atoms with Crippen LogP contribution in [0.25, 0.3) is 0 Å². The largest absolute Gasteiger partial charge is 0.481 e. The normalized spacial score (nSPS) is 14.0. The van der Waals surface area contributed by atoms with Crippen LogP contribution in [-0.4, -0.2) is 41.1 Å². The van der Waals surface area contributed by atoms with Crippen LogP contribution in [0.4, 0.5) is 10.5 Å². The molecule has 21 heavy (non-hydrogen) atoms. The average molecular weight is 290 g/mol. The summed E-state index contributed by atoms with van der Waals surface area (Å²) in [5.74, 6) is -0.882. The third-order valence-electron chi connectivity index (χ3n) is 3.78. The van der Waals surface area contributed by atoms with Crippen LogP contribution < -0.4 is 4.90 Å². The van der Waals surface area contributed by atoms with E-state index in [1.807, 2.05) is 38.1 Å². The number of aryl methyl sites for hydroxylation is 1. The molecule has 0 radical (unpaired) electrons. The molecule has 1 heterocycles. The van der Waals surface area contributed by atoms with Crippen molar-refractivity contribution in [2.24, 2.45) is 0 Å². The second-order valence-corrected chi connectivity index (χ2v) is 5.60. The molecule has 114 valence electrons. The van der Waals surface area contributed by atoms with E-state index in [0.29, 0.717) is 6.54 Å². The highest BCUT2D eigenvalue weighted by molar-refractivity contribution is 5.93. The van der Waals surface area contributed by atoms with Gasteiger partial charge in [0.15, 0.2) is 0 Å². The summed E-state index contributed by atoms with van der Waals surface area (Å²) in [5.41, 5.74) is 2.13. The molecule has 0 saturated carbocycles. The van der Waals surface area contributed by atoms with Crippen LogP contribution in [0, 0.1) is 0 Å². The number of carboxylic acid groups (broad SMARTS) is 1. The number of rotatable bonds is 4. The first-order valence-electron chi connectivity index (χ1n) is 7.38. The lowest BCUT2D eigenvalue weighted by molar-refractivity contribution is -0.137. The molecule has 0 bridgehead atoms. The lowest BCUT2D eigenvalue weighted by Gasteiger charge is -2.36. The van der Waals surface area contributed by atoms with Crippen LogP contribution >= 0.6 is 0 Å². The summed E-state index contributed by atoms with van der Waals surface area (Å²) in [4.78, 5) is 27.0. The molecule has 2 amide bonds. The van der Waals surface area contributed by atoms with Crippen LogP contribution in [0.15, 0.2) is 24.3 Å². The van der Waals surface area contributed by atoms with Gasteiger partial charge in [-0.1, -0.05) is 18.2 Å². The monoisotopic (exact) mass is 290 g/mol. The van der Waals surface area contributed by atoms with E-state index < -0.39 is 5.97 Å². The first kappa shape index (κ1) is 15.4. The number of hydrogen-bond donors (Lipinski definition) is 1. The molecule has 1 aliphatic heterocycles. The molecule has 0 atom stereocenters. The van der Waals surface area contributed by atoms with Gasteiger partial charge in [0.2, 0.25) is 0 Å². The molecule has 5 heteroatoms. The Bertz CT molecular complexity index is 528. The fourth-order valence-electron chi connectivity index (χ4n) is 2.68. The molecule has 0 saturated heterocycles. The fourth-order valence-corrected chi connectivity index (χ4v) is 2.68. The van der Waals surface area contributed by atoms with Gasteiger partial charge in [0.1, 0.15) is 0 Å². The Balaban J connectivity index is 2.19. The molecular weight excluding hydrogens is 268 g/mol. The number of fused-ring (bicyclic) bond motifs is 1. The van der Waals surface area contributed by atoms with Crippen molar-refractivity contribution >= 4 is 17.7 Å². The van der Waals surface area contributed by atoms with Crippen LogP contribution in [-0.2, 0) is 11.2 Å². The topological polar surface area (TPSA) is 60.9 Å². The number of hydrogen-bond acceptors (Lipinski definition) is 2. The summed E-state index contributed by atoms with van der Waals surface area (Å²) in [5, 5.41) is 8.84. The van der Waals surface area contributed by atoms with Gasteiger partial charge >= 0.3 is 12.0 Å². The molecule has 0 aliphatic carbocycles. The SMILES string of the molecule is CC(C)N(CCC(=O)O)C(=O)N1CCCc2ccccc21. The van der Waals surface area contributed by atoms with Gasteiger partial charge in [-0.2, -0.15) is 0 Å². The number of para-hydroxylation sites is 1. The number of benzene rings is 1. The summed E-state index contributed by atoms with van der Waals surface area (Å²) < 4.78 is 0. The minimum absolute atomic E-state index is 0.0223. The van der Waals surface area contributed by atoms with Gasteiger partial charge in [0.05, 0.1) is 6.42 Å². The van der Waals surface area contributed by atoms with E-state index in [2.05, 4.69) is 0 Å². The maximum atomic E-state index is 12.8. The molecular formula is C16H22N2O3. The first-order valence-corrected chi connectivity index (χ1v) is 7.38. The van der Waals surface area contributed by atoms with Crippen LogP contribution in [0.5, 0.6) is 0 Å². The minimum atomic E-state index is -0.882. The van der Waals surface area contributed by atoms with Crippen molar-refractivity contribution in [3.8, 4) is 0 Å². The molecule has 0 aromatic heterocycles. The number of carbonyl (C=O) groups excluding carboxylic acids is 1. The smallest absolute Gasteiger partial charge is 0.324 e. The third-order valence-corrected chi connectivity index (χ3v) is 3.78. The number of anilines is 1. The standard InChI is InChI=1S/C16H22N2O3/c1-12(2)17(11-9-15(19)20)16(21)18-10-5-7-13-6-3-4-8-14(13)18/h3-4,6,8,12H,5,7,9-11H2,1-2H3,(H,19,20). The summed E-state index contributed by atoms with van der Waals surface area (Å²) in [6, 6.07) is 7.80. The number of carbonyl (C=O) groups is 2. The number of nitrogens with zero attached hydrogens (tertiary/aromatic N) is 2. The Labute approximate surface area is 125 Å². The van der Waals surface area contributed by atoms with Crippen molar-refractivity contribution in [3.63, 3.8) is 0 Å². The molecule has 2 rings (SSSR count). The zero-order valence-corrected chi connectivity index (χ0v) is 12.6. The second kappa shape index (κ2) is 6.61. The van der Waals surface area contributed by atoms with Crippen molar-refractivity contribution in [3.05, 3.63) is 29.8 Å². The van der Waals surface area contributed by atoms with Crippen LogP contribution in [0.2, 0.25) is 0 Å². The van der Waals surface area contributed by atoms with E-state index >= 15 is 0 Å². The highest BCUT2D eigenvalue weighted by Gasteiger charge is 2.27. The van der Waals surface area contributed by atoms with E-state index in [1.165, 1.54) is 5.56 Å². The van der Waals surface area contributed by atoms with Crippen molar-refractivity contribution < 1.29 is 14.7 Å². The van der Waals surface area contributed by atoms with Crippen molar-refractivity contribution in [1.82, 2.24) is 4.90 Å². The van der Waals surface area contributed by atoms with E-state index in [9.17, 15) is 9.59 Å². The predicted molar refractivity (Wildman–Crippen MR) is 81.6 cm³/mol. The summed E-state index contributed by atoms with van der Waals surface area (Å²) >= 11 is 0. The van der Waals surface area contributed by atoms with Crippen LogP contribution in [0.1, 0.15) is 32.3 Å². The van der Waals surface area contributed by atoms with Gasteiger partial charge in [-0.3, -0.25) is 9.69 Å². The van der Waals surface area contributed by atoms with E-state index in [4.69, 9.17) is 5.11 Å². The fraction of sp³-hybridized carbons (Fsp3) is 0.500. The number of aliphatic carboxylic acids is 1. The van der Waals surface area contributed by atoms with Gasteiger partial charge < -0.3 is 10.0 Å². The zero-order chi connectivity index (χ0) is 15.4. The quantitative estimate of drug-likeness (QED) is 0.927. The molecule has 0 fully saturated rings. The predicted octanol–water partition coefficient (Wildman–Crippen LogP) is 2.74.